The first-order valence-electron chi connectivity index (χ1n) is 9.43. The van der Waals surface area contributed by atoms with Gasteiger partial charge < -0.3 is 30.9 Å². The van der Waals surface area contributed by atoms with Crippen molar-refractivity contribution in [3.8, 4) is 0 Å². The van der Waals surface area contributed by atoms with E-state index in [1.54, 1.807) is 32.9 Å². The zero-order chi connectivity index (χ0) is 21.1. The highest BCUT2D eigenvalue weighted by molar-refractivity contribution is 6.40. The maximum absolute atomic E-state index is 12.5. The van der Waals surface area contributed by atoms with E-state index in [4.69, 9.17) is 20.5 Å². The van der Waals surface area contributed by atoms with Crippen molar-refractivity contribution >= 4 is 19.2 Å². The molecule has 0 saturated carbocycles. The van der Waals surface area contributed by atoms with Gasteiger partial charge in [-0.1, -0.05) is 24.6 Å². The number of carboxylic acid groups (broad SMARTS) is 1. The number of hydrogen-bond donors (Lipinski definition) is 5. The number of nitrogens with two attached hydrogens (primary N) is 1. The Kier molecular flexibility index (Phi) is 6.74. The summed E-state index contributed by atoms with van der Waals surface area (Å²) in [7, 11) is -1.46. The Morgan fingerprint density at radius 3 is 2.57 bits per heavy atom. The van der Waals surface area contributed by atoms with Gasteiger partial charge in [-0.15, -0.1) is 0 Å². The van der Waals surface area contributed by atoms with Gasteiger partial charge in [0.15, 0.2) is 5.54 Å². The number of ether oxygens (including phenoxy) is 1. The van der Waals surface area contributed by atoms with E-state index in [2.05, 4.69) is 5.32 Å². The van der Waals surface area contributed by atoms with Crippen molar-refractivity contribution in [2.45, 2.75) is 64.0 Å². The van der Waals surface area contributed by atoms with Crippen molar-refractivity contribution in [1.29, 1.82) is 0 Å². The van der Waals surface area contributed by atoms with E-state index in [0.717, 1.165) is 11.1 Å². The molecule has 0 unspecified atom stereocenters. The second-order valence-electron chi connectivity index (χ2n) is 8.20. The van der Waals surface area contributed by atoms with Gasteiger partial charge in [0.25, 0.3) is 0 Å². The Balaban J connectivity index is 2.46. The molecule has 0 radical (unpaired) electrons. The number of carboxylic acids is 1. The summed E-state index contributed by atoms with van der Waals surface area (Å²) in [6.07, 6.45) is 0.524. The number of aliphatic carboxylic acids is 1. The molecule has 0 saturated heterocycles. The zero-order valence-electron chi connectivity index (χ0n) is 16.6. The number of nitrogens with one attached hydrogen (secondary N) is 1. The highest BCUT2D eigenvalue weighted by Crippen LogP contribution is 2.45. The molecule has 0 bridgehead atoms. The van der Waals surface area contributed by atoms with Gasteiger partial charge in [-0.3, -0.25) is 0 Å². The van der Waals surface area contributed by atoms with Crippen LogP contribution in [0.5, 0.6) is 0 Å². The molecule has 9 heteroatoms. The second-order valence-corrected chi connectivity index (χ2v) is 8.20. The van der Waals surface area contributed by atoms with Gasteiger partial charge in [-0.25, -0.2) is 9.59 Å². The number of fused-ring (bicyclic) bond motifs is 1. The van der Waals surface area contributed by atoms with Gasteiger partial charge in [-0.2, -0.15) is 0 Å². The first-order valence-corrected chi connectivity index (χ1v) is 9.43. The second kappa shape index (κ2) is 8.51. The van der Waals surface area contributed by atoms with E-state index in [0.29, 0.717) is 24.8 Å². The van der Waals surface area contributed by atoms with Gasteiger partial charge in [0.2, 0.25) is 0 Å². The van der Waals surface area contributed by atoms with Gasteiger partial charge in [0.1, 0.15) is 5.60 Å². The third-order valence-electron chi connectivity index (χ3n) is 5.03. The van der Waals surface area contributed by atoms with Crippen molar-refractivity contribution in [2.24, 2.45) is 11.7 Å². The first-order chi connectivity index (χ1) is 13.0. The molecule has 0 aromatic heterocycles. The predicted octanol–water partition coefficient (Wildman–Crippen LogP) is 1.38. The highest BCUT2D eigenvalue weighted by atomic mass is 16.6. The molecule has 28 heavy (non-hydrogen) atoms. The maximum atomic E-state index is 12.5. The Hall–Kier alpha value is -2.10. The summed E-state index contributed by atoms with van der Waals surface area (Å²) < 4.78 is 5.32. The van der Waals surface area contributed by atoms with Crippen molar-refractivity contribution in [1.82, 2.24) is 5.32 Å². The van der Waals surface area contributed by atoms with Crippen LogP contribution < -0.4 is 11.1 Å². The van der Waals surface area contributed by atoms with E-state index in [1.807, 2.05) is 6.07 Å². The lowest BCUT2D eigenvalue weighted by molar-refractivity contribution is -0.147. The van der Waals surface area contributed by atoms with Crippen LogP contribution >= 0.6 is 0 Å². The largest absolute Gasteiger partial charge is 0.479 e. The van der Waals surface area contributed by atoms with Crippen molar-refractivity contribution in [3.05, 3.63) is 34.9 Å². The van der Waals surface area contributed by atoms with E-state index >= 15 is 0 Å². The average Bonchev–Trinajstić information content (AvgIpc) is 2.87. The monoisotopic (exact) mass is 392 g/mol. The number of carbonyl (C=O) groups is 2. The molecule has 6 N–H and O–H groups in total. The van der Waals surface area contributed by atoms with E-state index in [1.165, 1.54) is 0 Å². The van der Waals surface area contributed by atoms with Crippen LogP contribution in [-0.2, 0) is 28.0 Å². The minimum Gasteiger partial charge on any atom is -0.479 e. The normalized spacial score (nSPS) is 21.1. The zero-order valence-corrected chi connectivity index (χ0v) is 16.6. The Morgan fingerprint density at radius 2 is 2.04 bits per heavy atom. The summed E-state index contributed by atoms with van der Waals surface area (Å²) in [4.78, 5) is 25.0. The number of amides is 1. The molecule has 2 rings (SSSR count). The maximum Gasteiger partial charge on any atom is 0.451 e. The third kappa shape index (κ3) is 4.66. The van der Waals surface area contributed by atoms with Crippen molar-refractivity contribution in [2.75, 3.05) is 0 Å². The fraction of sp³-hybridized carbons (Fsp3) is 0.579. The molecule has 1 amide bonds. The summed E-state index contributed by atoms with van der Waals surface area (Å²) in [5.41, 5.74) is 5.54. The molecular weight excluding hydrogens is 363 g/mol. The molecule has 8 nitrogen and oxygen atoms in total. The smallest absolute Gasteiger partial charge is 0.451 e. The van der Waals surface area contributed by atoms with Crippen LogP contribution in [0.15, 0.2) is 18.2 Å². The van der Waals surface area contributed by atoms with Crippen LogP contribution in [0, 0.1) is 5.92 Å². The van der Waals surface area contributed by atoms with E-state index < -0.39 is 36.2 Å². The molecule has 154 valence electrons. The van der Waals surface area contributed by atoms with Crippen LogP contribution in [0.3, 0.4) is 0 Å². The SMILES string of the molecule is CC(C)(C)OC(=O)N[C@@]1(C(=O)O)c2cccc(CN)c2C[C@@H]1CCCB(O)O. The molecule has 1 aromatic rings. The van der Waals surface area contributed by atoms with Crippen molar-refractivity contribution in [3.63, 3.8) is 0 Å². The molecule has 0 aliphatic heterocycles. The Labute approximate surface area is 165 Å². The minimum atomic E-state index is -1.66. The van der Waals surface area contributed by atoms with E-state index in [9.17, 15) is 14.7 Å². The topological polar surface area (TPSA) is 142 Å². The van der Waals surface area contributed by atoms with Gasteiger partial charge >= 0.3 is 19.2 Å². The lowest BCUT2D eigenvalue weighted by Crippen LogP contribution is -2.56. The molecule has 0 spiro atoms. The minimum absolute atomic E-state index is 0.124. The fourth-order valence-electron chi connectivity index (χ4n) is 3.90. The molecule has 0 heterocycles. The summed E-state index contributed by atoms with van der Waals surface area (Å²) in [5.74, 6) is -1.65. The van der Waals surface area contributed by atoms with Crippen LogP contribution in [0.1, 0.15) is 50.3 Å². The average molecular weight is 392 g/mol. The molecule has 0 fully saturated rings. The highest BCUT2D eigenvalue weighted by Gasteiger charge is 2.54. The standard InChI is InChI=1S/C19H29BN2O6/c1-18(2,3)28-17(25)22-19(16(23)24)13(7-5-9-20(26)27)10-14-12(11-21)6-4-8-15(14)19/h4,6,8,13,26-27H,5,7,9-11,21H2,1-3H3,(H,22,25)(H,23,24)/t13-,19+/m0/s1. The summed E-state index contributed by atoms with van der Waals surface area (Å²) in [5, 5.41) is 31.1. The van der Waals surface area contributed by atoms with Gasteiger partial charge in [0.05, 0.1) is 0 Å². The third-order valence-corrected chi connectivity index (χ3v) is 5.03. The van der Waals surface area contributed by atoms with Gasteiger partial charge in [-0.05, 0) is 56.6 Å². The first kappa shape index (κ1) is 22.2. The fourth-order valence-corrected chi connectivity index (χ4v) is 3.90. The molecule has 1 aliphatic carbocycles. The van der Waals surface area contributed by atoms with Crippen LogP contribution in [0.4, 0.5) is 4.79 Å². The lowest BCUT2D eigenvalue weighted by Gasteiger charge is -2.34. The number of hydrogen-bond acceptors (Lipinski definition) is 6. The van der Waals surface area contributed by atoms with Crippen LogP contribution in [-0.4, -0.2) is 39.9 Å². The number of benzene rings is 1. The van der Waals surface area contributed by atoms with E-state index in [-0.39, 0.29) is 12.9 Å². The lowest BCUT2D eigenvalue weighted by atomic mass is 9.77. The Morgan fingerprint density at radius 1 is 1.36 bits per heavy atom. The van der Waals surface area contributed by atoms with Gasteiger partial charge in [0, 0.05) is 12.5 Å². The Bertz CT molecular complexity index is 734. The summed E-state index contributed by atoms with van der Waals surface area (Å²) in [6, 6.07) is 5.27. The van der Waals surface area contributed by atoms with Crippen molar-refractivity contribution < 1.29 is 29.5 Å². The molecule has 1 aromatic carbocycles. The quantitative estimate of drug-likeness (QED) is 0.441. The summed E-state index contributed by atoms with van der Waals surface area (Å²) >= 11 is 0. The van der Waals surface area contributed by atoms with Crippen LogP contribution in [0.25, 0.3) is 0 Å². The summed E-state index contributed by atoms with van der Waals surface area (Å²) in [6.45, 7) is 5.37. The predicted molar refractivity (Wildman–Crippen MR) is 104 cm³/mol. The molecule has 1 aliphatic rings. The number of rotatable bonds is 7. The number of carbonyl (C=O) groups excluding carboxylic acids is 1. The molecule has 2 atom stereocenters. The molecular formula is C19H29BN2O6. The van der Waals surface area contributed by atoms with Crippen LogP contribution in [0.2, 0.25) is 6.32 Å². The number of alkyl carbamates (subject to hydrolysis) is 1.